The third kappa shape index (κ3) is 5.74. The zero-order valence-electron chi connectivity index (χ0n) is 12.6. The molecule has 0 radical (unpaired) electrons. The number of nitrogens with one attached hydrogen (secondary N) is 2. The topological polar surface area (TPSA) is 41.1 Å². The number of carbonyl (C=O) groups excluding carboxylic acids is 1. The first kappa shape index (κ1) is 16.2. The molecule has 2 atom stereocenters. The van der Waals surface area contributed by atoms with E-state index in [1.165, 1.54) is 4.88 Å². The van der Waals surface area contributed by atoms with Gasteiger partial charge in [0.05, 0.1) is 6.04 Å². The third-order valence-corrected chi connectivity index (χ3v) is 4.26. The second-order valence-electron chi connectivity index (χ2n) is 5.80. The van der Waals surface area contributed by atoms with Crippen molar-refractivity contribution in [3.63, 3.8) is 0 Å². The molecule has 1 aromatic heterocycles. The van der Waals surface area contributed by atoms with E-state index in [0.29, 0.717) is 6.04 Å². The highest BCUT2D eigenvalue weighted by molar-refractivity contribution is 7.09. The molecule has 1 rings (SSSR count). The van der Waals surface area contributed by atoms with Gasteiger partial charge in [0.15, 0.2) is 0 Å². The summed E-state index contributed by atoms with van der Waals surface area (Å²) in [5.41, 5.74) is -0.135. The summed E-state index contributed by atoms with van der Waals surface area (Å²) in [6.07, 6.45) is 1.89. The molecule has 19 heavy (non-hydrogen) atoms. The van der Waals surface area contributed by atoms with Crippen molar-refractivity contribution in [3.05, 3.63) is 22.4 Å². The van der Waals surface area contributed by atoms with Crippen molar-refractivity contribution in [1.82, 2.24) is 10.6 Å². The van der Waals surface area contributed by atoms with Gasteiger partial charge in [-0.25, -0.2) is 0 Å². The van der Waals surface area contributed by atoms with Crippen molar-refractivity contribution in [3.8, 4) is 0 Å². The van der Waals surface area contributed by atoms with Crippen LogP contribution in [0.2, 0.25) is 0 Å². The van der Waals surface area contributed by atoms with E-state index in [0.717, 1.165) is 12.8 Å². The third-order valence-electron chi connectivity index (χ3n) is 3.36. The van der Waals surface area contributed by atoms with Crippen LogP contribution in [0.15, 0.2) is 17.5 Å². The minimum atomic E-state index is -0.166. The molecule has 2 unspecified atom stereocenters. The molecule has 108 valence electrons. The zero-order valence-corrected chi connectivity index (χ0v) is 13.4. The minimum absolute atomic E-state index is 0.0740. The summed E-state index contributed by atoms with van der Waals surface area (Å²) in [5.74, 6) is 0.0740. The quantitative estimate of drug-likeness (QED) is 0.807. The lowest BCUT2D eigenvalue weighted by Gasteiger charge is -2.28. The van der Waals surface area contributed by atoms with Gasteiger partial charge in [0.25, 0.3) is 0 Å². The van der Waals surface area contributed by atoms with E-state index in [1.807, 2.05) is 20.8 Å². The van der Waals surface area contributed by atoms with Crippen LogP contribution in [-0.2, 0) is 11.2 Å². The second kappa shape index (κ2) is 7.06. The van der Waals surface area contributed by atoms with Gasteiger partial charge < -0.3 is 10.6 Å². The summed E-state index contributed by atoms with van der Waals surface area (Å²) in [4.78, 5) is 13.4. The van der Waals surface area contributed by atoms with Gasteiger partial charge >= 0.3 is 0 Å². The standard InChI is InChI=1S/C15H26N2OS/c1-6-15(4,5)17-14(18)12(3)16-11(2)10-13-8-7-9-19-13/h7-9,11-12,16H,6,10H2,1-5H3,(H,17,18). The van der Waals surface area contributed by atoms with E-state index in [2.05, 4.69) is 42.0 Å². The SMILES string of the molecule is CCC(C)(C)NC(=O)C(C)NC(C)Cc1cccs1. The van der Waals surface area contributed by atoms with Crippen LogP contribution < -0.4 is 10.6 Å². The van der Waals surface area contributed by atoms with E-state index < -0.39 is 0 Å². The van der Waals surface area contributed by atoms with Crippen LogP contribution in [0.25, 0.3) is 0 Å². The Kier molecular flexibility index (Phi) is 6.01. The molecule has 0 bridgehead atoms. The summed E-state index contributed by atoms with van der Waals surface area (Å²) in [5, 5.41) is 8.52. The maximum Gasteiger partial charge on any atom is 0.237 e. The minimum Gasteiger partial charge on any atom is -0.350 e. The van der Waals surface area contributed by atoms with E-state index in [1.54, 1.807) is 11.3 Å². The number of thiophene rings is 1. The highest BCUT2D eigenvalue weighted by Crippen LogP contribution is 2.11. The maximum absolute atomic E-state index is 12.1. The summed E-state index contributed by atoms with van der Waals surface area (Å²) >= 11 is 1.76. The molecule has 0 spiro atoms. The van der Waals surface area contributed by atoms with E-state index in [9.17, 15) is 4.79 Å². The van der Waals surface area contributed by atoms with Crippen molar-refractivity contribution in [2.45, 2.75) is 65.1 Å². The van der Waals surface area contributed by atoms with Crippen LogP contribution in [0, 0.1) is 0 Å². The van der Waals surface area contributed by atoms with Crippen molar-refractivity contribution in [2.75, 3.05) is 0 Å². The van der Waals surface area contributed by atoms with Gasteiger partial charge in [-0.15, -0.1) is 11.3 Å². The van der Waals surface area contributed by atoms with Crippen LogP contribution in [0.5, 0.6) is 0 Å². The predicted octanol–water partition coefficient (Wildman–Crippen LogP) is 2.96. The van der Waals surface area contributed by atoms with E-state index >= 15 is 0 Å². The number of rotatable bonds is 7. The number of hydrogen-bond donors (Lipinski definition) is 2. The molecule has 0 saturated heterocycles. The van der Waals surface area contributed by atoms with Crippen LogP contribution in [0.3, 0.4) is 0 Å². The van der Waals surface area contributed by atoms with Gasteiger partial charge in [-0.2, -0.15) is 0 Å². The first-order valence-corrected chi connectivity index (χ1v) is 7.82. The Morgan fingerprint density at radius 3 is 2.63 bits per heavy atom. The van der Waals surface area contributed by atoms with Crippen molar-refractivity contribution >= 4 is 17.2 Å². The number of amides is 1. The molecule has 1 amide bonds. The Hall–Kier alpha value is -0.870. The fraction of sp³-hybridized carbons (Fsp3) is 0.667. The summed E-state index contributed by atoms with van der Waals surface area (Å²) in [7, 11) is 0. The van der Waals surface area contributed by atoms with Gasteiger partial charge in [-0.3, -0.25) is 4.79 Å². The van der Waals surface area contributed by atoms with Crippen LogP contribution in [-0.4, -0.2) is 23.5 Å². The number of hydrogen-bond acceptors (Lipinski definition) is 3. The lowest BCUT2D eigenvalue weighted by Crippen LogP contribution is -2.52. The Labute approximate surface area is 120 Å². The molecule has 0 saturated carbocycles. The smallest absolute Gasteiger partial charge is 0.237 e. The fourth-order valence-electron chi connectivity index (χ4n) is 1.82. The monoisotopic (exact) mass is 282 g/mol. The summed E-state index contributed by atoms with van der Waals surface area (Å²) in [6.45, 7) is 10.2. The lowest BCUT2D eigenvalue weighted by atomic mass is 10.0. The van der Waals surface area contributed by atoms with Crippen LogP contribution >= 0.6 is 11.3 Å². The first-order valence-electron chi connectivity index (χ1n) is 6.94. The van der Waals surface area contributed by atoms with Crippen molar-refractivity contribution < 1.29 is 4.79 Å². The number of carbonyl (C=O) groups is 1. The van der Waals surface area contributed by atoms with E-state index in [4.69, 9.17) is 0 Å². The largest absolute Gasteiger partial charge is 0.350 e. The Morgan fingerprint density at radius 1 is 1.42 bits per heavy atom. The molecular weight excluding hydrogens is 256 g/mol. The molecule has 4 heteroatoms. The fourth-order valence-corrected chi connectivity index (χ4v) is 2.66. The van der Waals surface area contributed by atoms with Gasteiger partial charge in [-0.05, 0) is 52.0 Å². The molecule has 0 aliphatic rings. The second-order valence-corrected chi connectivity index (χ2v) is 6.83. The molecule has 0 aromatic carbocycles. The average Bonchev–Trinajstić information content (AvgIpc) is 2.81. The van der Waals surface area contributed by atoms with Crippen LogP contribution in [0.1, 0.15) is 45.9 Å². The highest BCUT2D eigenvalue weighted by Gasteiger charge is 2.22. The average molecular weight is 282 g/mol. The highest BCUT2D eigenvalue weighted by atomic mass is 32.1. The maximum atomic E-state index is 12.1. The zero-order chi connectivity index (χ0) is 14.5. The van der Waals surface area contributed by atoms with E-state index in [-0.39, 0.29) is 17.5 Å². The molecule has 1 heterocycles. The predicted molar refractivity (Wildman–Crippen MR) is 82.6 cm³/mol. The van der Waals surface area contributed by atoms with Crippen LogP contribution in [0.4, 0.5) is 0 Å². The molecule has 3 nitrogen and oxygen atoms in total. The molecule has 1 aromatic rings. The Balaban J connectivity index is 2.41. The molecule has 0 aliphatic carbocycles. The van der Waals surface area contributed by atoms with Gasteiger partial charge in [0, 0.05) is 16.5 Å². The van der Waals surface area contributed by atoms with Gasteiger partial charge in [0.2, 0.25) is 5.91 Å². The summed E-state index contributed by atoms with van der Waals surface area (Å²) < 4.78 is 0. The Morgan fingerprint density at radius 2 is 2.11 bits per heavy atom. The molecule has 0 aliphatic heterocycles. The molecule has 0 fully saturated rings. The normalized spacial score (nSPS) is 15.0. The lowest BCUT2D eigenvalue weighted by molar-refractivity contribution is -0.124. The summed E-state index contributed by atoms with van der Waals surface area (Å²) in [6, 6.07) is 4.32. The van der Waals surface area contributed by atoms with Crippen molar-refractivity contribution in [2.24, 2.45) is 0 Å². The Bertz CT molecular complexity index is 387. The molecule has 2 N–H and O–H groups in total. The van der Waals surface area contributed by atoms with Gasteiger partial charge in [-0.1, -0.05) is 13.0 Å². The van der Waals surface area contributed by atoms with Gasteiger partial charge in [0.1, 0.15) is 0 Å². The molecular formula is C15H26N2OS. The first-order chi connectivity index (χ1) is 8.84. The van der Waals surface area contributed by atoms with Crippen molar-refractivity contribution in [1.29, 1.82) is 0 Å².